The Morgan fingerprint density at radius 2 is 1.70 bits per heavy atom. The van der Waals surface area contributed by atoms with E-state index in [9.17, 15) is 4.79 Å². The van der Waals surface area contributed by atoms with Crippen molar-refractivity contribution < 1.29 is 4.79 Å². The summed E-state index contributed by atoms with van der Waals surface area (Å²) in [6.45, 7) is 2.02. The summed E-state index contributed by atoms with van der Waals surface area (Å²) in [6.07, 6.45) is 2.31. The fourth-order valence-electron chi connectivity index (χ4n) is 2.65. The van der Waals surface area contributed by atoms with Crippen molar-refractivity contribution in [2.45, 2.75) is 25.7 Å². The van der Waals surface area contributed by atoms with Crippen molar-refractivity contribution in [1.82, 2.24) is 0 Å². The number of anilines is 1. The van der Waals surface area contributed by atoms with Gasteiger partial charge in [0, 0.05) is 5.69 Å². The Morgan fingerprint density at radius 3 is 2.35 bits per heavy atom. The number of carbonyl (C=O) groups is 1. The molecular formula is C18H19NO. The molecule has 1 unspecified atom stereocenters. The average Bonchev–Trinajstić information content (AvgIpc) is 3.28. The molecule has 0 radical (unpaired) electrons. The maximum absolute atomic E-state index is 12.6. The van der Waals surface area contributed by atoms with Gasteiger partial charge in [0.05, 0.1) is 5.92 Å². The molecule has 1 amide bonds. The molecule has 1 N–H and O–H groups in total. The number of benzene rings is 2. The predicted octanol–water partition coefficient (Wildman–Crippen LogP) is 4.13. The average molecular weight is 265 g/mol. The van der Waals surface area contributed by atoms with E-state index in [1.807, 2.05) is 49.4 Å². The van der Waals surface area contributed by atoms with Crippen molar-refractivity contribution in [3.8, 4) is 0 Å². The van der Waals surface area contributed by atoms with Crippen molar-refractivity contribution in [3.05, 3.63) is 65.7 Å². The van der Waals surface area contributed by atoms with Gasteiger partial charge in [-0.05, 0) is 42.9 Å². The minimum Gasteiger partial charge on any atom is -0.325 e. The molecule has 2 aromatic carbocycles. The zero-order chi connectivity index (χ0) is 13.9. The number of aryl methyl sites for hydroxylation is 1. The van der Waals surface area contributed by atoms with Gasteiger partial charge in [-0.1, -0.05) is 48.5 Å². The summed E-state index contributed by atoms with van der Waals surface area (Å²) in [5, 5.41) is 3.09. The molecule has 20 heavy (non-hydrogen) atoms. The number of carbonyl (C=O) groups excluding carboxylic acids is 1. The standard InChI is InChI=1S/C18H19NO/c1-13-7-5-6-10-16(13)19-18(20)17(15-11-12-15)14-8-3-2-4-9-14/h2-10,15,17H,11-12H2,1H3,(H,19,20). The lowest BCUT2D eigenvalue weighted by atomic mass is 9.93. The van der Waals surface area contributed by atoms with Crippen molar-refractivity contribution >= 4 is 11.6 Å². The van der Waals surface area contributed by atoms with E-state index < -0.39 is 0 Å². The van der Waals surface area contributed by atoms with Crippen LogP contribution in [0.2, 0.25) is 0 Å². The molecule has 102 valence electrons. The van der Waals surface area contributed by atoms with Gasteiger partial charge < -0.3 is 5.32 Å². The first-order chi connectivity index (χ1) is 9.75. The van der Waals surface area contributed by atoms with E-state index in [1.54, 1.807) is 0 Å². The highest BCUT2D eigenvalue weighted by Gasteiger charge is 2.37. The van der Waals surface area contributed by atoms with Gasteiger partial charge in [0.2, 0.25) is 5.91 Å². The van der Waals surface area contributed by atoms with Crippen LogP contribution >= 0.6 is 0 Å². The number of hydrogen-bond donors (Lipinski definition) is 1. The van der Waals surface area contributed by atoms with Crippen molar-refractivity contribution in [3.63, 3.8) is 0 Å². The summed E-state index contributed by atoms with van der Waals surface area (Å²) >= 11 is 0. The van der Waals surface area contributed by atoms with Gasteiger partial charge >= 0.3 is 0 Å². The van der Waals surface area contributed by atoms with Crippen LogP contribution in [0.3, 0.4) is 0 Å². The van der Waals surface area contributed by atoms with E-state index in [0.29, 0.717) is 5.92 Å². The summed E-state index contributed by atoms with van der Waals surface area (Å²) in [5.74, 6) is 0.602. The van der Waals surface area contributed by atoms with Gasteiger partial charge in [0.25, 0.3) is 0 Å². The Morgan fingerprint density at radius 1 is 1.05 bits per heavy atom. The van der Waals surface area contributed by atoms with Crippen LogP contribution in [0.1, 0.15) is 29.9 Å². The third-order valence-electron chi connectivity index (χ3n) is 3.94. The molecule has 2 nitrogen and oxygen atoms in total. The quantitative estimate of drug-likeness (QED) is 0.885. The van der Waals surface area contributed by atoms with E-state index in [2.05, 4.69) is 17.4 Å². The van der Waals surface area contributed by atoms with E-state index in [4.69, 9.17) is 0 Å². The summed E-state index contributed by atoms with van der Waals surface area (Å²) in [4.78, 5) is 12.6. The summed E-state index contributed by atoms with van der Waals surface area (Å²) in [5.41, 5.74) is 3.14. The Bertz CT molecular complexity index is 602. The lowest BCUT2D eigenvalue weighted by molar-refractivity contribution is -0.118. The van der Waals surface area contributed by atoms with E-state index >= 15 is 0 Å². The monoisotopic (exact) mass is 265 g/mol. The molecule has 3 rings (SSSR count). The first-order valence-electron chi connectivity index (χ1n) is 7.17. The van der Waals surface area contributed by atoms with Crippen LogP contribution in [0.15, 0.2) is 54.6 Å². The maximum atomic E-state index is 12.6. The summed E-state index contributed by atoms with van der Waals surface area (Å²) in [6, 6.07) is 18.0. The van der Waals surface area contributed by atoms with Crippen LogP contribution in [-0.4, -0.2) is 5.91 Å². The second-order valence-electron chi connectivity index (χ2n) is 5.53. The van der Waals surface area contributed by atoms with Gasteiger partial charge in [-0.25, -0.2) is 0 Å². The minimum absolute atomic E-state index is 0.0178. The number of rotatable bonds is 4. The molecule has 1 aliphatic rings. The molecule has 0 aromatic heterocycles. The second-order valence-corrected chi connectivity index (χ2v) is 5.53. The topological polar surface area (TPSA) is 29.1 Å². The van der Waals surface area contributed by atoms with Crippen molar-refractivity contribution in [1.29, 1.82) is 0 Å². The fourth-order valence-corrected chi connectivity index (χ4v) is 2.65. The number of nitrogens with one attached hydrogen (secondary N) is 1. The third kappa shape index (κ3) is 2.74. The lowest BCUT2D eigenvalue weighted by Gasteiger charge is -2.17. The molecular weight excluding hydrogens is 246 g/mol. The second kappa shape index (κ2) is 5.49. The molecule has 1 aliphatic carbocycles. The number of amides is 1. The summed E-state index contributed by atoms with van der Waals surface area (Å²) < 4.78 is 0. The van der Waals surface area contributed by atoms with Crippen LogP contribution in [0.4, 0.5) is 5.69 Å². The third-order valence-corrected chi connectivity index (χ3v) is 3.94. The molecule has 0 bridgehead atoms. The zero-order valence-corrected chi connectivity index (χ0v) is 11.7. The Hall–Kier alpha value is -2.09. The molecule has 1 fully saturated rings. The first kappa shape index (κ1) is 12.9. The SMILES string of the molecule is Cc1ccccc1NC(=O)C(c1ccccc1)C1CC1. The summed E-state index contributed by atoms with van der Waals surface area (Å²) in [7, 11) is 0. The number of hydrogen-bond acceptors (Lipinski definition) is 1. The van der Waals surface area contributed by atoms with E-state index in [-0.39, 0.29) is 11.8 Å². The van der Waals surface area contributed by atoms with E-state index in [0.717, 1.165) is 29.7 Å². The maximum Gasteiger partial charge on any atom is 0.232 e. The largest absolute Gasteiger partial charge is 0.325 e. The molecule has 0 saturated heterocycles. The number of para-hydroxylation sites is 1. The molecule has 1 saturated carbocycles. The zero-order valence-electron chi connectivity index (χ0n) is 11.7. The molecule has 0 heterocycles. The molecule has 0 aliphatic heterocycles. The van der Waals surface area contributed by atoms with Crippen LogP contribution in [0.5, 0.6) is 0 Å². The highest BCUT2D eigenvalue weighted by molar-refractivity contribution is 5.96. The normalized spacial score (nSPS) is 15.7. The highest BCUT2D eigenvalue weighted by atomic mass is 16.1. The van der Waals surface area contributed by atoms with Gasteiger partial charge in [0.1, 0.15) is 0 Å². The molecule has 2 aromatic rings. The Balaban J connectivity index is 1.82. The van der Waals surface area contributed by atoms with Crippen molar-refractivity contribution in [2.24, 2.45) is 5.92 Å². The smallest absolute Gasteiger partial charge is 0.232 e. The van der Waals surface area contributed by atoms with Gasteiger partial charge in [-0.3, -0.25) is 4.79 Å². The van der Waals surface area contributed by atoms with Crippen LogP contribution in [-0.2, 0) is 4.79 Å². The first-order valence-corrected chi connectivity index (χ1v) is 7.17. The highest BCUT2D eigenvalue weighted by Crippen LogP contribution is 2.43. The Kier molecular flexibility index (Phi) is 3.55. The molecule has 2 heteroatoms. The minimum atomic E-state index is -0.0178. The predicted molar refractivity (Wildman–Crippen MR) is 81.7 cm³/mol. The van der Waals surface area contributed by atoms with Crippen LogP contribution in [0, 0.1) is 12.8 Å². The molecule has 0 spiro atoms. The van der Waals surface area contributed by atoms with Crippen LogP contribution < -0.4 is 5.32 Å². The van der Waals surface area contributed by atoms with Gasteiger partial charge in [-0.15, -0.1) is 0 Å². The van der Waals surface area contributed by atoms with E-state index in [1.165, 1.54) is 0 Å². The Labute approximate surface area is 119 Å². The van der Waals surface area contributed by atoms with Gasteiger partial charge in [-0.2, -0.15) is 0 Å². The molecule has 1 atom stereocenters. The fraction of sp³-hybridized carbons (Fsp3) is 0.278. The van der Waals surface area contributed by atoms with Crippen molar-refractivity contribution in [2.75, 3.05) is 5.32 Å². The van der Waals surface area contributed by atoms with Gasteiger partial charge in [0.15, 0.2) is 0 Å². The van der Waals surface area contributed by atoms with Crippen LogP contribution in [0.25, 0.3) is 0 Å². The lowest BCUT2D eigenvalue weighted by Crippen LogP contribution is -2.23.